The zero-order valence-electron chi connectivity index (χ0n) is 13.8. The Labute approximate surface area is 131 Å². The fourth-order valence-corrected chi connectivity index (χ4v) is 4.36. The normalized spacial score (nSPS) is 35.5. The molecule has 2 saturated carbocycles. The number of ether oxygens (including phenoxy) is 1. The van der Waals surface area contributed by atoms with E-state index in [-0.39, 0.29) is 28.9 Å². The van der Waals surface area contributed by atoms with Crippen molar-refractivity contribution >= 4 is 11.9 Å². The summed E-state index contributed by atoms with van der Waals surface area (Å²) < 4.78 is 5.57. The fraction of sp³-hybridized carbons (Fsp3) is 0.875. The van der Waals surface area contributed by atoms with Gasteiger partial charge in [-0.3, -0.25) is 4.79 Å². The molecule has 2 N–H and O–H groups in total. The summed E-state index contributed by atoms with van der Waals surface area (Å²) in [5.74, 6) is 0.0699. The maximum atomic E-state index is 12.4. The molecule has 3 atom stereocenters. The fourth-order valence-electron chi connectivity index (χ4n) is 4.36. The van der Waals surface area contributed by atoms with E-state index in [0.29, 0.717) is 19.1 Å². The molecule has 6 heteroatoms. The number of amides is 3. The van der Waals surface area contributed by atoms with E-state index in [1.54, 1.807) is 7.11 Å². The molecule has 2 aliphatic carbocycles. The zero-order valence-corrected chi connectivity index (χ0v) is 13.8. The molecule has 3 fully saturated rings. The van der Waals surface area contributed by atoms with Gasteiger partial charge in [-0.2, -0.15) is 0 Å². The lowest BCUT2D eigenvalue weighted by Crippen LogP contribution is -2.68. The highest BCUT2D eigenvalue weighted by atomic mass is 16.5. The molecule has 0 bridgehead atoms. The number of rotatable bonds is 4. The van der Waals surface area contributed by atoms with Gasteiger partial charge in [0.1, 0.15) is 0 Å². The van der Waals surface area contributed by atoms with Crippen LogP contribution in [0.15, 0.2) is 0 Å². The van der Waals surface area contributed by atoms with Crippen molar-refractivity contribution in [3.8, 4) is 0 Å². The number of hydrogen-bond donors (Lipinski definition) is 2. The SMILES string of the molecule is COC1CC(N(C)C(=O)NCC2(C)CCC(=O)N2)C12CCC2. The summed E-state index contributed by atoms with van der Waals surface area (Å²) in [5, 5.41) is 5.93. The van der Waals surface area contributed by atoms with Gasteiger partial charge >= 0.3 is 6.03 Å². The first-order chi connectivity index (χ1) is 10.4. The highest BCUT2D eigenvalue weighted by Crippen LogP contribution is 2.58. The Bertz CT molecular complexity index is 477. The van der Waals surface area contributed by atoms with Crippen LogP contribution in [0, 0.1) is 5.41 Å². The second-order valence-corrected chi connectivity index (χ2v) is 7.44. The van der Waals surface area contributed by atoms with E-state index >= 15 is 0 Å². The summed E-state index contributed by atoms with van der Waals surface area (Å²) in [6, 6.07) is 0.227. The Morgan fingerprint density at radius 1 is 1.45 bits per heavy atom. The van der Waals surface area contributed by atoms with Crippen LogP contribution in [0.5, 0.6) is 0 Å². The Morgan fingerprint density at radius 3 is 2.68 bits per heavy atom. The predicted molar refractivity (Wildman–Crippen MR) is 82.4 cm³/mol. The zero-order chi connectivity index (χ0) is 16.0. The summed E-state index contributed by atoms with van der Waals surface area (Å²) >= 11 is 0. The van der Waals surface area contributed by atoms with Crippen molar-refractivity contribution in [1.29, 1.82) is 0 Å². The topological polar surface area (TPSA) is 70.7 Å². The number of nitrogens with zero attached hydrogens (tertiary/aromatic N) is 1. The quantitative estimate of drug-likeness (QED) is 0.821. The van der Waals surface area contributed by atoms with Crippen LogP contribution in [0.3, 0.4) is 0 Å². The summed E-state index contributed by atoms with van der Waals surface area (Å²) in [5.41, 5.74) is -0.122. The molecular weight excluding hydrogens is 282 g/mol. The lowest BCUT2D eigenvalue weighted by Gasteiger charge is -2.62. The molecule has 0 aromatic rings. The molecule has 22 heavy (non-hydrogen) atoms. The van der Waals surface area contributed by atoms with E-state index < -0.39 is 0 Å². The summed E-state index contributed by atoms with van der Waals surface area (Å²) in [4.78, 5) is 25.6. The number of methoxy groups -OCH3 is 1. The Kier molecular flexibility index (Phi) is 3.83. The van der Waals surface area contributed by atoms with Crippen molar-refractivity contribution in [2.24, 2.45) is 5.41 Å². The van der Waals surface area contributed by atoms with E-state index in [9.17, 15) is 9.59 Å². The number of hydrogen-bond acceptors (Lipinski definition) is 3. The average molecular weight is 309 g/mol. The lowest BCUT2D eigenvalue weighted by molar-refractivity contribution is -0.182. The minimum Gasteiger partial charge on any atom is -0.381 e. The Hall–Kier alpha value is -1.30. The Morgan fingerprint density at radius 2 is 2.18 bits per heavy atom. The van der Waals surface area contributed by atoms with E-state index in [1.807, 2.05) is 18.9 Å². The maximum Gasteiger partial charge on any atom is 0.317 e. The van der Waals surface area contributed by atoms with Crippen LogP contribution in [-0.2, 0) is 9.53 Å². The number of nitrogens with one attached hydrogen (secondary N) is 2. The van der Waals surface area contributed by atoms with E-state index in [4.69, 9.17) is 4.74 Å². The molecule has 3 amide bonds. The molecule has 3 unspecified atom stereocenters. The summed E-state index contributed by atoms with van der Waals surface area (Å²) in [6.45, 7) is 2.46. The van der Waals surface area contributed by atoms with Crippen LogP contribution in [0.4, 0.5) is 4.79 Å². The van der Waals surface area contributed by atoms with Crippen molar-refractivity contribution < 1.29 is 14.3 Å². The predicted octanol–water partition coefficient (Wildman–Crippen LogP) is 1.25. The molecule has 3 aliphatic rings. The first-order valence-electron chi connectivity index (χ1n) is 8.25. The maximum absolute atomic E-state index is 12.4. The number of carbonyl (C=O) groups is 2. The molecule has 124 valence electrons. The minimum atomic E-state index is -0.309. The molecule has 0 radical (unpaired) electrons. The standard InChI is InChI=1S/C16H27N3O3/c1-15(8-5-13(20)18-15)10-17-14(21)19(2)11-9-12(22-3)16(11)6-4-7-16/h11-12H,4-10H2,1-3H3,(H,17,21)(H,18,20). The largest absolute Gasteiger partial charge is 0.381 e. The number of urea groups is 1. The minimum absolute atomic E-state index is 0.0480. The van der Waals surface area contributed by atoms with Gasteiger partial charge in [-0.15, -0.1) is 0 Å². The summed E-state index contributed by atoms with van der Waals surface area (Å²) in [6.07, 6.45) is 6.08. The Balaban J connectivity index is 1.53. The lowest BCUT2D eigenvalue weighted by atomic mass is 9.50. The molecule has 1 aliphatic heterocycles. The summed E-state index contributed by atoms with van der Waals surface area (Å²) in [7, 11) is 3.64. The van der Waals surface area contributed by atoms with E-state index in [2.05, 4.69) is 10.6 Å². The third kappa shape index (κ3) is 2.37. The third-order valence-electron chi connectivity index (χ3n) is 6.07. The molecule has 1 spiro atoms. The van der Waals surface area contributed by atoms with Crippen LogP contribution in [0.25, 0.3) is 0 Å². The first kappa shape index (κ1) is 15.6. The van der Waals surface area contributed by atoms with Crippen LogP contribution in [-0.4, -0.2) is 55.2 Å². The van der Waals surface area contributed by atoms with E-state index in [0.717, 1.165) is 25.7 Å². The monoisotopic (exact) mass is 309 g/mol. The van der Waals surface area contributed by atoms with Crippen LogP contribution < -0.4 is 10.6 Å². The number of carbonyl (C=O) groups excluding carboxylic acids is 2. The van der Waals surface area contributed by atoms with Crippen molar-refractivity contribution in [3.63, 3.8) is 0 Å². The van der Waals surface area contributed by atoms with Crippen LogP contribution in [0.1, 0.15) is 45.4 Å². The highest BCUT2D eigenvalue weighted by molar-refractivity contribution is 5.80. The van der Waals surface area contributed by atoms with Gasteiger partial charge in [0, 0.05) is 38.6 Å². The smallest absolute Gasteiger partial charge is 0.317 e. The second-order valence-electron chi connectivity index (χ2n) is 7.44. The van der Waals surface area contributed by atoms with Gasteiger partial charge in [-0.05, 0) is 32.6 Å². The van der Waals surface area contributed by atoms with Gasteiger partial charge in [0.15, 0.2) is 0 Å². The molecule has 3 rings (SSSR count). The van der Waals surface area contributed by atoms with Crippen molar-refractivity contribution in [1.82, 2.24) is 15.5 Å². The highest BCUT2D eigenvalue weighted by Gasteiger charge is 2.60. The molecule has 0 aromatic heterocycles. The van der Waals surface area contributed by atoms with Crippen molar-refractivity contribution in [2.75, 3.05) is 20.7 Å². The van der Waals surface area contributed by atoms with Gasteiger partial charge < -0.3 is 20.3 Å². The molecule has 0 aromatic carbocycles. The van der Waals surface area contributed by atoms with Crippen molar-refractivity contribution in [3.05, 3.63) is 0 Å². The first-order valence-corrected chi connectivity index (χ1v) is 8.25. The van der Waals surface area contributed by atoms with Gasteiger partial charge in [0.05, 0.1) is 11.6 Å². The third-order valence-corrected chi connectivity index (χ3v) is 6.07. The second kappa shape index (κ2) is 5.41. The molecule has 1 saturated heterocycles. The van der Waals surface area contributed by atoms with Crippen LogP contribution >= 0.6 is 0 Å². The van der Waals surface area contributed by atoms with Crippen LogP contribution in [0.2, 0.25) is 0 Å². The van der Waals surface area contributed by atoms with Gasteiger partial charge in [0.2, 0.25) is 5.91 Å². The van der Waals surface area contributed by atoms with Crippen molar-refractivity contribution in [2.45, 2.75) is 63.1 Å². The molecule has 1 heterocycles. The molecule has 6 nitrogen and oxygen atoms in total. The average Bonchev–Trinajstić information content (AvgIpc) is 2.74. The van der Waals surface area contributed by atoms with Gasteiger partial charge in [0.25, 0.3) is 0 Å². The molecular formula is C16H27N3O3. The van der Waals surface area contributed by atoms with Gasteiger partial charge in [-0.1, -0.05) is 6.42 Å². The van der Waals surface area contributed by atoms with Gasteiger partial charge in [-0.25, -0.2) is 4.79 Å². The van der Waals surface area contributed by atoms with E-state index in [1.165, 1.54) is 6.42 Å².